The molecular formula is C28H34N4O3. The van der Waals surface area contributed by atoms with Gasteiger partial charge in [-0.2, -0.15) is 5.10 Å². The van der Waals surface area contributed by atoms with Crippen LogP contribution in [0.3, 0.4) is 0 Å². The van der Waals surface area contributed by atoms with Crippen LogP contribution in [-0.4, -0.2) is 58.1 Å². The molecule has 7 heteroatoms. The lowest BCUT2D eigenvalue weighted by molar-refractivity contribution is -0.138. The highest BCUT2D eigenvalue weighted by atomic mass is 16.5. The largest absolute Gasteiger partial charge is 0.490 e. The van der Waals surface area contributed by atoms with Crippen molar-refractivity contribution in [1.82, 2.24) is 20.0 Å². The van der Waals surface area contributed by atoms with Crippen molar-refractivity contribution < 1.29 is 14.3 Å². The minimum absolute atomic E-state index is 0.0522. The summed E-state index contributed by atoms with van der Waals surface area (Å²) in [5, 5.41) is 7.17. The first-order valence-electron chi connectivity index (χ1n) is 12.2. The van der Waals surface area contributed by atoms with E-state index in [1.54, 1.807) is 4.90 Å². The predicted octanol–water partition coefficient (Wildman–Crippen LogP) is 3.91. The lowest BCUT2D eigenvalue weighted by Gasteiger charge is -2.39. The Bertz CT molecular complexity index is 1110. The molecule has 7 nitrogen and oxygen atoms in total. The number of ether oxygens (including phenoxy) is 1. The number of benzene rings is 2. The van der Waals surface area contributed by atoms with Gasteiger partial charge >= 0.3 is 0 Å². The number of para-hydroxylation sites is 1. The molecule has 184 valence electrons. The van der Waals surface area contributed by atoms with Crippen molar-refractivity contribution in [3.63, 3.8) is 0 Å². The van der Waals surface area contributed by atoms with Gasteiger partial charge in [-0.05, 0) is 31.5 Å². The van der Waals surface area contributed by atoms with Gasteiger partial charge in [-0.25, -0.2) is 0 Å². The van der Waals surface area contributed by atoms with Crippen LogP contribution in [-0.2, 0) is 22.6 Å². The van der Waals surface area contributed by atoms with Crippen LogP contribution < -0.4 is 4.74 Å². The number of piperidine rings is 1. The van der Waals surface area contributed by atoms with E-state index in [4.69, 9.17) is 4.74 Å². The van der Waals surface area contributed by atoms with Gasteiger partial charge < -0.3 is 14.5 Å². The summed E-state index contributed by atoms with van der Waals surface area (Å²) in [6, 6.07) is 19.7. The third-order valence-corrected chi connectivity index (χ3v) is 6.78. The Morgan fingerprint density at radius 3 is 2.43 bits per heavy atom. The fourth-order valence-electron chi connectivity index (χ4n) is 4.69. The van der Waals surface area contributed by atoms with Crippen molar-refractivity contribution in [2.24, 2.45) is 5.92 Å². The number of hydrogen-bond donors (Lipinski definition) is 1. The van der Waals surface area contributed by atoms with Gasteiger partial charge in [-0.15, -0.1) is 0 Å². The number of carbonyl (C=O) groups is 2. The lowest BCUT2D eigenvalue weighted by atomic mass is 9.90. The second-order valence-electron chi connectivity index (χ2n) is 9.39. The normalized spacial score (nSPS) is 17.7. The van der Waals surface area contributed by atoms with Gasteiger partial charge in [0.2, 0.25) is 11.8 Å². The van der Waals surface area contributed by atoms with Crippen LogP contribution >= 0.6 is 0 Å². The lowest BCUT2D eigenvalue weighted by Crippen LogP contribution is -2.49. The first-order valence-corrected chi connectivity index (χ1v) is 12.2. The molecule has 0 saturated carbocycles. The molecule has 0 unspecified atom stereocenters. The molecule has 0 aliphatic carbocycles. The summed E-state index contributed by atoms with van der Waals surface area (Å²) in [4.78, 5) is 30.0. The Hall–Kier alpha value is -3.61. The molecule has 3 aromatic rings. The third kappa shape index (κ3) is 6.29. The predicted molar refractivity (Wildman–Crippen MR) is 135 cm³/mol. The number of hydrogen-bond acceptors (Lipinski definition) is 4. The number of aryl methyl sites for hydroxylation is 2. The van der Waals surface area contributed by atoms with Gasteiger partial charge in [0.15, 0.2) is 0 Å². The minimum Gasteiger partial charge on any atom is -0.490 e. The molecule has 1 saturated heterocycles. The molecule has 0 spiro atoms. The van der Waals surface area contributed by atoms with E-state index in [1.807, 2.05) is 86.5 Å². The van der Waals surface area contributed by atoms with Gasteiger partial charge in [-0.3, -0.25) is 14.7 Å². The number of amides is 2. The molecule has 1 aliphatic heterocycles. The Labute approximate surface area is 207 Å². The molecule has 1 aliphatic rings. The molecule has 0 bridgehead atoms. The second kappa shape index (κ2) is 11.2. The highest BCUT2D eigenvalue weighted by Gasteiger charge is 2.35. The summed E-state index contributed by atoms with van der Waals surface area (Å²) in [5.41, 5.74) is 3.82. The minimum atomic E-state index is -0.132. The van der Waals surface area contributed by atoms with Crippen molar-refractivity contribution in [3.8, 4) is 5.75 Å². The summed E-state index contributed by atoms with van der Waals surface area (Å²) in [6.07, 6.45) is 1.19. The number of likely N-dealkylation sites (tertiary alicyclic amines) is 1. The van der Waals surface area contributed by atoms with E-state index in [9.17, 15) is 9.59 Å². The Kier molecular flexibility index (Phi) is 7.85. The van der Waals surface area contributed by atoms with Gasteiger partial charge in [0.05, 0.1) is 12.1 Å². The van der Waals surface area contributed by atoms with E-state index >= 15 is 0 Å². The maximum Gasteiger partial charge on any atom is 0.227 e. The number of carbonyl (C=O) groups excluding carboxylic acids is 2. The van der Waals surface area contributed by atoms with Gasteiger partial charge in [0.1, 0.15) is 11.9 Å². The van der Waals surface area contributed by atoms with Crippen LogP contribution in [0.4, 0.5) is 0 Å². The van der Waals surface area contributed by atoms with Crippen LogP contribution in [0.2, 0.25) is 0 Å². The first-order chi connectivity index (χ1) is 16.9. The number of aromatic nitrogens is 2. The Morgan fingerprint density at radius 1 is 1.09 bits per heavy atom. The van der Waals surface area contributed by atoms with Crippen molar-refractivity contribution >= 4 is 11.8 Å². The van der Waals surface area contributed by atoms with Crippen LogP contribution in [0.5, 0.6) is 5.75 Å². The van der Waals surface area contributed by atoms with Crippen LogP contribution in [0.1, 0.15) is 35.4 Å². The number of rotatable bonds is 8. The third-order valence-electron chi connectivity index (χ3n) is 6.78. The van der Waals surface area contributed by atoms with Crippen molar-refractivity contribution in [1.29, 1.82) is 0 Å². The second-order valence-corrected chi connectivity index (χ2v) is 9.39. The standard InChI is InChI=1S/C28H34N4O3/c1-20-25(21(2)30-29-20)17-28(34)32-15-14-26(35-24-12-8-5-9-13-24)23(19-32)16-27(33)31(3)18-22-10-6-4-7-11-22/h4-13,23,26H,14-19H2,1-3H3,(H,29,30)/t23-,26-/m0/s1. The average Bonchev–Trinajstić information content (AvgIpc) is 3.18. The summed E-state index contributed by atoms with van der Waals surface area (Å²) in [6.45, 7) is 5.51. The topological polar surface area (TPSA) is 78.5 Å². The van der Waals surface area contributed by atoms with E-state index in [0.717, 1.165) is 28.3 Å². The van der Waals surface area contributed by atoms with E-state index in [1.165, 1.54) is 0 Å². The van der Waals surface area contributed by atoms with E-state index < -0.39 is 0 Å². The summed E-state index contributed by atoms with van der Waals surface area (Å²) in [7, 11) is 1.83. The molecule has 2 heterocycles. The van der Waals surface area contributed by atoms with Gasteiger partial charge in [-0.1, -0.05) is 48.5 Å². The number of nitrogens with one attached hydrogen (secondary N) is 1. The molecule has 35 heavy (non-hydrogen) atoms. The summed E-state index contributed by atoms with van der Waals surface area (Å²) >= 11 is 0. The monoisotopic (exact) mass is 474 g/mol. The van der Waals surface area contributed by atoms with E-state index in [-0.39, 0.29) is 23.8 Å². The number of nitrogens with zero attached hydrogens (tertiary/aromatic N) is 3. The molecule has 2 amide bonds. The molecule has 1 aromatic heterocycles. The van der Waals surface area contributed by atoms with Crippen LogP contribution in [0.15, 0.2) is 60.7 Å². The van der Waals surface area contributed by atoms with E-state index in [2.05, 4.69) is 10.2 Å². The Balaban J connectivity index is 1.45. The first kappa shape index (κ1) is 24.5. The van der Waals surface area contributed by atoms with Crippen molar-refractivity contribution in [2.75, 3.05) is 20.1 Å². The highest BCUT2D eigenvalue weighted by Crippen LogP contribution is 2.27. The van der Waals surface area contributed by atoms with Gasteiger partial charge in [0.25, 0.3) is 0 Å². The van der Waals surface area contributed by atoms with Crippen LogP contribution in [0.25, 0.3) is 0 Å². The zero-order valence-electron chi connectivity index (χ0n) is 20.7. The SMILES string of the molecule is Cc1n[nH]c(C)c1CC(=O)N1CC[C@H](Oc2ccccc2)[C@@H](CC(=O)N(C)Cc2ccccc2)C1. The van der Waals surface area contributed by atoms with E-state index in [0.29, 0.717) is 38.9 Å². The number of H-pyrrole nitrogens is 1. The molecule has 2 aromatic carbocycles. The smallest absolute Gasteiger partial charge is 0.227 e. The zero-order valence-corrected chi connectivity index (χ0v) is 20.7. The molecule has 1 fully saturated rings. The Morgan fingerprint density at radius 2 is 1.77 bits per heavy atom. The quantitative estimate of drug-likeness (QED) is 0.537. The molecule has 1 N–H and O–H groups in total. The summed E-state index contributed by atoms with van der Waals surface area (Å²) < 4.78 is 6.32. The summed E-state index contributed by atoms with van der Waals surface area (Å²) in [5.74, 6) is 0.810. The molecule has 4 rings (SSSR count). The molecule has 0 radical (unpaired) electrons. The average molecular weight is 475 g/mol. The maximum atomic E-state index is 13.2. The van der Waals surface area contributed by atoms with Crippen molar-refractivity contribution in [3.05, 3.63) is 83.2 Å². The highest BCUT2D eigenvalue weighted by molar-refractivity contribution is 5.80. The molecule has 2 atom stereocenters. The zero-order chi connectivity index (χ0) is 24.8. The number of aromatic amines is 1. The fraction of sp³-hybridized carbons (Fsp3) is 0.393. The fourth-order valence-corrected chi connectivity index (χ4v) is 4.69. The maximum absolute atomic E-state index is 13.2. The molecular weight excluding hydrogens is 440 g/mol. The van der Waals surface area contributed by atoms with Crippen LogP contribution in [0, 0.1) is 19.8 Å². The van der Waals surface area contributed by atoms with Gasteiger partial charge in [0, 0.05) is 56.7 Å². The van der Waals surface area contributed by atoms with Crippen molar-refractivity contribution in [2.45, 2.75) is 45.8 Å².